The molecule has 0 saturated carbocycles. The van der Waals surface area contributed by atoms with Gasteiger partial charge in [-0.3, -0.25) is 0 Å². The van der Waals surface area contributed by atoms with Crippen molar-refractivity contribution in [3.63, 3.8) is 0 Å². The van der Waals surface area contributed by atoms with Gasteiger partial charge in [0.15, 0.2) is 0 Å². The summed E-state index contributed by atoms with van der Waals surface area (Å²) in [5, 5.41) is 3.52. The van der Waals surface area contributed by atoms with Gasteiger partial charge in [0, 0.05) is 16.7 Å². The Kier molecular flexibility index (Phi) is 6.27. The van der Waals surface area contributed by atoms with Crippen molar-refractivity contribution in [3.05, 3.63) is 65.5 Å². The van der Waals surface area contributed by atoms with Crippen LogP contribution in [0.15, 0.2) is 53.4 Å². The summed E-state index contributed by atoms with van der Waals surface area (Å²) >= 11 is 1.70. The second kappa shape index (κ2) is 8.20. The predicted molar refractivity (Wildman–Crippen MR) is 89.5 cm³/mol. The molecule has 1 N–H and O–H groups in total. The minimum absolute atomic E-state index is 0.168. The Morgan fingerprint density at radius 2 is 1.95 bits per heavy atom. The van der Waals surface area contributed by atoms with Gasteiger partial charge in [-0.25, -0.2) is 4.39 Å². The summed E-state index contributed by atoms with van der Waals surface area (Å²) in [5.74, 6) is 0.768. The zero-order chi connectivity index (χ0) is 15.1. The predicted octanol–water partition coefficient (Wildman–Crippen LogP) is 4.45. The quantitative estimate of drug-likeness (QED) is 0.759. The Bertz CT molecular complexity index is 571. The van der Waals surface area contributed by atoms with E-state index in [0.717, 1.165) is 23.6 Å². The molecule has 2 aromatic carbocycles. The molecule has 1 atom stereocenters. The van der Waals surface area contributed by atoms with Crippen LogP contribution in [0, 0.1) is 12.7 Å². The first kappa shape index (κ1) is 16.1. The molecule has 1 unspecified atom stereocenters. The zero-order valence-corrected chi connectivity index (χ0v) is 13.4. The summed E-state index contributed by atoms with van der Waals surface area (Å²) in [6.07, 6.45) is 0.998. The molecule has 0 fully saturated rings. The normalized spacial score (nSPS) is 12.3. The molecule has 0 spiro atoms. The number of likely N-dealkylation sites (N-methyl/N-ethyl adjacent to an activating group) is 1. The van der Waals surface area contributed by atoms with Gasteiger partial charge in [0.05, 0.1) is 0 Å². The first-order valence-corrected chi connectivity index (χ1v) is 8.33. The number of nitrogens with one attached hydrogen (secondary N) is 1. The molecular formula is C18H22FNS. The Labute approximate surface area is 131 Å². The van der Waals surface area contributed by atoms with E-state index in [1.807, 2.05) is 6.07 Å². The molecule has 3 heteroatoms. The highest BCUT2D eigenvalue weighted by molar-refractivity contribution is 7.99. The highest BCUT2D eigenvalue weighted by atomic mass is 32.2. The van der Waals surface area contributed by atoms with Gasteiger partial charge in [0.2, 0.25) is 0 Å². The van der Waals surface area contributed by atoms with Gasteiger partial charge in [-0.15, -0.1) is 11.8 Å². The van der Waals surface area contributed by atoms with E-state index in [2.05, 4.69) is 43.4 Å². The lowest BCUT2D eigenvalue weighted by Crippen LogP contribution is -2.33. The van der Waals surface area contributed by atoms with Gasteiger partial charge in [-0.1, -0.05) is 42.8 Å². The lowest BCUT2D eigenvalue weighted by atomic mass is 10.0. The van der Waals surface area contributed by atoms with Crippen molar-refractivity contribution >= 4 is 11.8 Å². The van der Waals surface area contributed by atoms with Crippen LogP contribution in [-0.2, 0) is 6.42 Å². The van der Waals surface area contributed by atoms with Crippen LogP contribution >= 0.6 is 11.8 Å². The fourth-order valence-corrected chi connectivity index (χ4v) is 3.36. The maximum absolute atomic E-state index is 13.2. The average Bonchev–Trinajstić information content (AvgIpc) is 2.45. The summed E-state index contributed by atoms with van der Waals surface area (Å²) in [6, 6.07) is 15.8. The topological polar surface area (TPSA) is 12.0 Å². The lowest BCUT2D eigenvalue weighted by molar-refractivity contribution is 0.572. The van der Waals surface area contributed by atoms with Crippen molar-refractivity contribution in [3.8, 4) is 0 Å². The van der Waals surface area contributed by atoms with E-state index >= 15 is 0 Å². The number of rotatable bonds is 7. The molecule has 0 aliphatic heterocycles. The lowest BCUT2D eigenvalue weighted by Gasteiger charge is -2.18. The fraction of sp³-hybridized carbons (Fsp3) is 0.333. The zero-order valence-electron chi connectivity index (χ0n) is 12.6. The van der Waals surface area contributed by atoms with E-state index in [0.29, 0.717) is 6.04 Å². The molecule has 0 radical (unpaired) electrons. The van der Waals surface area contributed by atoms with Crippen molar-refractivity contribution in [1.82, 2.24) is 5.32 Å². The third kappa shape index (κ3) is 5.52. The molecule has 2 aromatic rings. The molecule has 0 aliphatic carbocycles. The van der Waals surface area contributed by atoms with Crippen LogP contribution < -0.4 is 5.32 Å². The third-order valence-corrected chi connectivity index (χ3v) is 4.46. The molecule has 0 saturated heterocycles. The van der Waals surface area contributed by atoms with E-state index in [9.17, 15) is 4.39 Å². The maximum Gasteiger partial charge on any atom is 0.124 e. The summed E-state index contributed by atoms with van der Waals surface area (Å²) in [7, 11) is 0. The van der Waals surface area contributed by atoms with Gasteiger partial charge < -0.3 is 5.32 Å². The monoisotopic (exact) mass is 303 g/mol. The standard InChI is InChI=1S/C18H22FNS/c1-3-20-17(11-15-7-4-6-14(2)10-15)13-21-18-9-5-8-16(19)12-18/h4-10,12,17,20H,3,11,13H2,1-2H3. The Morgan fingerprint density at radius 1 is 1.14 bits per heavy atom. The number of thioether (sulfide) groups is 1. The summed E-state index contributed by atoms with van der Waals surface area (Å²) < 4.78 is 13.2. The SMILES string of the molecule is CCNC(CSc1cccc(F)c1)Cc1cccc(C)c1. The van der Waals surface area contributed by atoms with E-state index in [-0.39, 0.29) is 5.82 Å². The van der Waals surface area contributed by atoms with Gasteiger partial charge in [-0.05, 0) is 43.7 Å². The number of aryl methyl sites for hydroxylation is 1. The van der Waals surface area contributed by atoms with Crippen molar-refractivity contribution in [2.45, 2.75) is 31.2 Å². The number of hydrogen-bond donors (Lipinski definition) is 1. The number of benzene rings is 2. The first-order chi connectivity index (χ1) is 10.2. The van der Waals surface area contributed by atoms with Crippen molar-refractivity contribution in [2.75, 3.05) is 12.3 Å². The molecule has 0 aromatic heterocycles. The molecule has 0 aliphatic rings. The fourth-order valence-electron chi connectivity index (χ4n) is 2.36. The number of hydrogen-bond acceptors (Lipinski definition) is 2. The molecule has 21 heavy (non-hydrogen) atoms. The molecular weight excluding hydrogens is 281 g/mol. The molecule has 2 rings (SSSR count). The van der Waals surface area contributed by atoms with E-state index < -0.39 is 0 Å². The van der Waals surface area contributed by atoms with Crippen LogP contribution in [0.1, 0.15) is 18.1 Å². The average molecular weight is 303 g/mol. The van der Waals surface area contributed by atoms with Gasteiger partial charge in [0.1, 0.15) is 5.82 Å². The van der Waals surface area contributed by atoms with Gasteiger partial charge in [0.25, 0.3) is 0 Å². The third-order valence-electron chi connectivity index (χ3n) is 3.30. The van der Waals surface area contributed by atoms with E-state index in [4.69, 9.17) is 0 Å². The smallest absolute Gasteiger partial charge is 0.124 e. The molecule has 0 heterocycles. The minimum atomic E-state index is -0.168. The van der Waals surface area contributed by atoms with E-state index in [1.165, 1.54) is 17.2 Å². The Balaban J connectivity index is 1.95. The minimum Gasteiger partial charge on any atom is -0.313 e. The largest absolute Gasteiger partial charge is 0.313 e. The molecule has 112 valence electrons. The second-order valence-corrected chi connectivity index (χ2v) is 6.31. The molecule has 1 nitrogen and oxygen atoms in total. The maximum atomic E-state index is 13.2. The Hall–Kier alpha value is -1.32. The van der Waals surface area contributed by atoms with Crippen molar-refractivity contribution in [1.29, 1.82) is 0 Å². The highest BCUT2D eigenvalue weighted by Gasteiger charge is 2.09. The van der Waals surface area contributed by atoms with Crippen LogP contribution in [0.5, 0.6) is 0 Å². The number of halogens is 1. The van der Waals surface area contributed by atoms with E-state index in [1.54, 1.807) is 23.9 Å². The van der Waals surface area contributed by atoms with Gasteiger partial charge in [-0.2, -0.15) is 0 Å². The van der Waals surface area contributed by atoms with Crippen LogP contribution in [0.25, 0.3) is 0 Å². The van der Waals surface area contributed by atoms with Gasteiger partial charge >= 0.3 is 0 Å². The second-order valence-electron chi connectivity index (χ2n) is 5.22. The summed E-state index contributed by atoms with van der Waals surface area (Å²) in [6.45, 7) is 5.18. The first-order valence-electron chi connectivity index (χ1n) is 7.34. The highest BCUT2D eigenvalue weighted by Crippen LogP contribution is 2.20. The Morgan fingerprint density at radius 3 is 2.67 bits per heavy atom. The van der Waals surface area contributed by atoms with Crippen LogP contribution in [0.3, 0.4) is 0 Å². The van der Waals surface area contributed by atoms with Crippen LogP contribution in [0.2, 0.25) is 0 Å². The summed E-state index contributed by atoms with van der Waals surface area (Å²) in [4.78, 5) is 0.988. The molecule has 0 amide bonds. The molecule has 0 bridgehead atoms. The van der Waals surface area contributed by atoms with Crippen molar-refractivity contribution < 1.29 is 4.39 Å². The van der Waals surface area contributed by atoms with Crippen LogP contribution in [-0.4, -0.2) is 18.3 Å². The summed E-state index contributed by atoms with van der Waals surface area (Å²) in [5.41, 5.74) is 2.64. The van der Waals surface area contributed by atoms with Crippen molar-refractivity contribution in [2.24, 2.45) is 0 Å². The van der Waals surface area contributed by atoms with Crippen LogP contribution in [0.4, 0.5) is 4.39 Å².